The maximum atomic E-state index is 12.7. The van der Waals surface area contributed by atoms with Crippen molar-refractivity contribution in [1.29, 1.82) is 0 Å². The molecule has 120 valence electrons. The fourth-order valence-corrected chi connectivity index (χ4v) is 2.43. The minimum atomic E-state index is -0.0982. The van der Waals surface area contributed by atoms with Crippen LogP contribution in [0.3, 0.4) is 0 Å². The van der Waals surface area contributed by atoms with E-state index < -0.39 is 0 Å². The number of benzene rings is 1. The van der Waals surface area contributed by atoms with Crippen LogP contribution < -0.4 is 5.56 Å². The molecule has 2 aromatic rings. The Morgan fingerprint density at radius 3 is 3.04 bits per heavy atom. The van der Waals surface area contributed by atoms with Gasteiger partial charge in [0.15, 0.2) is 6.73 Å². The van der Waals surface area contributed by atoms with Crippen LogP contribution in [0.5, 0.6) is 0 Å². The van der Waals surface area contributed by atoms with E-state index in [4.69, 9.17) is 9.84 Å². The number of hydrogen-bond donors (Lipinski definition) is 1. The third-order valence-electron chi connectivity index (χ3n) is 3.62. The van der Waals surface area contributed by atoms with Crippen LogP contribution in [0.4, 0.5) is 0 Å². The minimum absolute atomic E-state index is 0.0371. The molecule has 0 amide bonds. The molecule has 2 heterocycles. The molecule has 0 saturated heterocycles. The fraction of sp³-hybridized carbons (Fsp3) is 0.400. The highest BCUT2D eigenvalue weighted by atomic mass is 16.5. The largest absolute Gasteiger partial charge is 0.394 e. The predicted octanol–water partition coefficient (Wildman–Crippen LogP) is 0.506. The Balaban J connectivity index is 1.93. The summed E-state index contributed by atoms with van der Waals surface area (Å²) in [6, 6.07) is 7.27. The number of amidine groups is 1. The van der Waals surface area contributed by atoms with Crippen molar-refractivity contribution in [2.75, 3.05) is 26.6 Å². The fourth-order valence-electron chi connectivity index (χ4n) is 2.43. The third kappa shape index (κ3) is 3.17. The summed E-state index contributed by atoms with van der Waals surface area (Å²) in [6.07, 6.45) is 0. The number of azo groups is 1. The van der Waals surface area contributed by atoms with Gasteiger partial charge in [0.2, 0.25) is 6.67 Å². The zero-order chi connectivity index (χ0) is 16.2. The first-order chi connectivity index (χ1) is 11.2. The molecule has 1 aromatic heterocycles. The molecule has 0 saturated carbocycles. The Labute approximate surface area is 132 Å². The summed E-state index contributed by atoms with van der Waals surface area (Å²) >= 11 is 0. The monoisotopic (exact) mass is 316 g/mol. The van der Waals surface area contributed by atoms with Gasteiger partial charge in [-0.1, -0.05) is 12.1 Å². The quantitative estimate of drug-likeness (QED) is 0.621. The predicted molar refractivity (Wildman–Crippen MR) is 83.6 cm³/mol. The number of aliphatic hydroxyl groups is 1. The van der Waals surface area contributed by atoms with Crippen molar-refractivity contribution < 1.29 is 14.4 Å². The summed E-state index contributed by atoms with van der Waals surface area (Å²) < 4.78 is 8.70. The number of ether oxygens (including phenoxy) is 1. The average molecular weight is 316 g/mol. The first-order valence-corrected chi connectivity index (χ1v) is 7.34. The second kappa shape index (κ2) is 6.76. The van der Waals surface area contributed by atoms with Gasteiger partial charge >= 0.3 is 5.84 Å². The lowest BCUT2D eigenvalue weighted by atomic mass is 10.2. The first kappa shape index (κ1) is 15.4. The van der Waals surface area contributed by atoms with Gasteiger partial charge < -0.3 is 9.84 Å². The molecule has 0 atom stereocenters. The van der Waals surface area contributed by atoms with Gasteiger partial charge in [0.05, 0.1) is 29.2 Å². The summed E-state index contributed by atoms with van der Waals surface area (Å²) in [6.45, 7) is 2.96. The second-order valence-electron chi connectivity index (χ2n) is 5.17. The zero-order valence-electron chi connectivity index (χ0n) is 12.8. The molecule has 0 unspecified atom stereocenters. The summed E-state index contributed by atoms with van der Waals surface area (Å²) in [5, 5.41) is 17.4. The molecule has 8 nitrogen and oxygen atoms in total. The molecule has 0 radical (unpaired) electrons. The molecule has 1 N–H and O–H groups in total. The van der Waals surface area contributed by atoms with Gasteiger partial charge in [-0.3, -0.25) is 9.36 Å². The van der Waals surface area contributed by atoms with Gasteiger partial charge in [-0.15, -0.1) is 0 Å². The van der Waals surface area contributed by atoms with Crippen molar-refractivity contribution in [2.45, 2.75) is 13.5 Å². The van der Waals surface area contributed by atoms with Crippen molar-refractivity contribution in [3.63, 3.8) is 0 Å². The molecule has 0 fully saturated rings. The Bertz CT molecular complexity index is 841. The molecule has 3 rings (SSSR count). The molecule has 1 aliphatic rings. The molecule has 1 aliphatic heterocycles. The van der Waals surface area contributed by atoms with Gasteiger partial charge in [-0.05, 0) is 24.2 Å². The summed E-state index contributed by atoms with van der Waals surface area (Å²) in [5.41, 5.74) is 0.589. The number of para-hydroxylation sites is 1. The van der Waals surface area contributed by atoms with E-state index in [0.29, 0.717) is 29.2 Å². The lowest BCUT2D eigenvalue weighted by Gasteiger charge is -2.09. The van der Waals surface area contributed by atoms with E-state index in [9.17, 15) is 4.79 Å². The number of aromatic nitrogens is 2. The van der Waals surface area contributed by atoms with E-state index in [-0.39, 0.29) is 32.0 Å². The smallest absolute Gasteiger partial charge is 0.345 e. The number of nitrogens with zero attached hydrogens (tertiary/aromatic N) is 5. The minimum Gasteiger partial charge on any atom is -0.394 e. The van der Waals surface area contributed by atoms with E-state index in [2.05, 4.69) is 15.2 Å². The van der Waals surface area contributed by atoms with E-state index >= 15 is 0 Å². The van der Waals surface area contributed by atoms with E-state index in [0.717, 1.165) is 0 Å². The van der Waals surface area contributed by atoms with E-state index in [1.165, 1.54) is 0 Å². The van der Waals surface area contributed by atoms with Crippen molar-refractivity contribution in [3.8, 4) is 0 Å². The highest BCUT2D eigenvalue weighted by Gasteiger charge is 2.23. The van der Waals surface area contributed by atoms with E-state index in [1.54, 1.807) is 17.6 Å². The summed E-state index contributed by atoms with van der Waals surface area (Å²) in [5.74, 6) is 1.27. The van der Waals surface area contributed by atoms with Gasteiger partial charge in [0.1, 0.15) is 12.4 Å². The number of rotatable bonds is 6. The Morgan fingerprint density at radius 2 is 2.22 bits per heavy atom. The van der Waals surface area contributed by atoms with Crippen LogP contribution in [-0.2, 0) is 11.3 Å². The van der Waals surface area contributed by atoms with Gasteiger partial charge in [-0.2, -0.15) is 0 Å². The molecule has 0 spiro atoms. The lowest BCUT2D eigenvalue weighted by Crippen LogP contribution is -2.30. The first-order valence-electron chi connectivity index (χ1n) is 7.34. The molecular formula is C15H18N5O3+. The highest BCUT2D eigenvalue weighted by molar-refractivity contribution is 5.80. The number of hydrogen-bond acceptors (Lipinski definition) is 6. The van der Waals surface area contributed by atoms with Gasteiger partial charge in [-0.25, -0.2) is 9.56 Å². The molecule has 8 heteroatoms. The summed E-state index contributed by atoms with van der Waals surface area (Å²) in [7, 11) is 0. The third-order valence-corrected chi connectivity index (χ3v) is 3.62. The maximum Gasteiger partial charge on any atom is 0.345 e. The molecule has 1 aromatic carbocycles. The van der Waals surface area contributed by atoms with Crippen LogP contribution >= 0.6 is 0 Å². The lowest BCUT2D eigenvalue weighted by molar-refractivity contribution is -0.563. The van der Waals surface area contributed by atoms with Crippen LogP contribution in [-0.4, -0.2) is 51.7 Å². The zero-order valence-corrected chi connectivity index (χ0v) is 12.8. The van der Waals surface area contributed by atoms with Gasteiger partial charge in [0.25, 0.3) is 5.56 Å². The number of aliphatic hydroxyl groups excluding tert-OH is 1. The second-order valence-corrected chi connectivity index (χ2v) is 5.17. The van der Waals surface area contributed by atoms with Crippen molar-refractivity contribution in [3.05, 3.63) is 40.4 Å². The number of aryl methyl sites for hydroxylation is 1. The van der Waals surface area contributed by atoms with Crippen molar-refractivity contribution in [1.82, 2.24) is 9.55 Å². The van der Waals surface area contributed by atoms with Crippen LogP contribution in [0.25, 0.3) is 10.9 Å². The Morgan fingerprint density at radius 1 is 1.39 bits per heavy atom. The Kier molecular flexibility index (Phi) is 4.54. The van der Waals surface area contributed by atoms with Gasteiger partial charge in [0, 0.05) is 0 Å². The highest BCUT2D eigenvalue weighted by Crippen LogP contribution is 2.08. The molecule has 0 bridgehead atoms. The standard InChI is InChI=1S/C15H18N5O3/c1-11-17-13-5-3-2-4-12(13)15(22)20(11)8-14-18-16-9-19(14)10-23-7-6-21/h2-5,21H,6-10H2,1H3/q+1. The number of fused-ring (bicyclic) bond motifs is 1. The molecule has 23 heavy (non-hydrogen) atoms. The maximum absolute atomic E-state index is 12.7. The van der Waals surface area contributed by atoms with E-state index in [1.807, 2.05) is 22.8 Å². The van der Waals surface area contributed by atoms with Crippen LogP contribution in [0.15, 0.2) is 39.3 Å². The molecular weight excluding hydrogens is 298 g/mol. The Hall–Kier alpha value is -2.45. The topological polar surface area (TPSA) is 92.1 Å². The molecule has 0 aliphatic carbocycles. The average Bonchev–Trinajstić information content (AvgIpc) is 2.99. The van der Waals surface area contributed by atoms with Crippen LogP contribution in [0.1, 0.15) is 5.82 Å². The summed E-state index contributed by atoms with van der Waals surface area (Å²) in [4.78, 5) is 17.1. The van der Waals surface area contributed by atoms with Crippen molar-refractivity contribution >= 4 is 16.7 Å². The van der Waals surface area contributed by atoms with Crippen molar-refractivity contribution in [2.24, 2.45) is 10.2 Å². The normalized spacial score (nSPS) is 14.2. The van der Waals surface area contributed by atoms with Crippen LogP contribution in [0, 0.1) is 6.92 Å². The SMILES string of the molecule is Cc1nc2ccccc2c(=O)n1CC1=[N+](COCCO)CN=N1. The van der Waals surface area contributed by atoms with Crippen LogP contribution in [0.2, 0.25) is 0 Å².